The van der Waals surface area contributed by atoms with Crippen LogP contribution in [0, 0.1) is 0 Å². The van der Waals surface area contributed by atoms with Crippen LogP contribution in [0.5, 0.6) is 0 Å². The van der Waals surface area contributed by atoms with Gasteiger partial charge in [0.05, 0.1) is 0 Å². The summed E-state index contributed by atoms with van der Waals surface area (Å²) in [7, 11) is 2.13. The van der Waals surface area contributed by atoms with E-state index in [0.29, 0.717) is 5.75 Å². The molecule has 1 aliphatic heterocycles. The summed E-state index contributed by atoms with van der Waals surface area (Å²) in [5, 5.41) is 0. The number of likely N-dealkylation sites (N-methyl/N-ethyl adjacent to an activating group) is 1. The fourth-order valence-corrected chi connectivity index (χ4v) is 2.82. The molecule has 1 aliphatic rings. The number of hydrogen-bond donors (Lipinski definition) is 1. The first-order valence-electron chi connectivity index (χ1n) is 6.71. The van der Waals surface area contributed by atoms with Gasteiger partial charge in [-0.3, -0.25) is 4.79 Å². The third-order valence-corrected chi connectivity index (χ3v) is 3.98. The molecule has 0 bridgehead atoms. The van der Waals surface area contributed by atoms with Crippen LogP contribution in [-0.4, -0.2) is 23.1 Å². The molecule has 0 unspecified atom stereocenters. The van der Waals surface area contributed by atoms with Gasteiger partial charge in [0.1, 0.15) is 0 Å². The number of nitrogens with zero attached hydrogens (tertiary/aromatic N) is 2. The van der Waals surface area contributed by atoms with Crippen LogP contribution in [-0.2, 0) is 25.3 Å². The second-order valence-corrected chi connectivity index (χ2v) is 5.41. The van der Waals surface area contributed by atoms with Crippen molar-refractivity contribution in [2.24, 2.45) is 0 Å². The molecule has 0 fully saturated rings. The molecule has 0 atom stereocenters. The monoisotopic (exact) mass is 266 g/mol. The smallest absolute Gasteiger partial charge is 0.254 e. The minimum absolute atomic E-state index is 0.168. The van der Waals surface area contributed by atoms with Crippen LogP contribution in [0.1, 0.15) is 36.6 Å². The van der Waals surface area contributed by atoms with Crippen LogP contribution in [0.4, 0.5) is 0 Å². The summed E-state index contributed by atoms with van der Waals surface area (Å²) in [5.41, 5.74) is 3.56. The molecule has 0 spiro atoms. The van der Waals surface area contributed by atoms with Gasteiger partial charge in [-0.2, -0.15) is 12.6 Å². The highest BCUT2D eigenvalue weighted by atomic mass is 32.1. The van der Waals surface area contributed by atoms with E-state index in [4.69, 9.17) is 0 Å². The molecule has 0 radical (unpaired) electrons. The van der Waals surface area contributed by atoms with Crippen molar-refractivity contribution in [2.75, 3.05) is 13.6 Å². The molecular formula is C14H22N2OS. The molecule has 0 aliphatic carbocycles. The molecule has 4 heteroatoms. The van der Waals surface area contributed by atoms with E-state index >= 15 is 0 Å². The Bertz CT molecular complexity index is 481. The molecule has 3 nitrogen and oxygen atoms in total. The number of thiol groups is 1. The number of fused-ring (bicyclic) bond motifs is 1. The first-order chi connectivity index (χ1) is 8.67. The van der Waals surface area contributed by atoms with E-state index in [1.807, 2.05) is 4.57 Å². The SMILES string of the molecule is CCCCn1c2c(cc(CS)c1=O)CN(C)CC2. The summed E-state index contributed by atoms with van der Waals surface area (Å²) >= 11 is 4.28. The van der Waals surface area contributed by atoms with E-state index in [1.54, 1.807) is 0 Å². The highest BCUT2D eigenvalue weighted by Gasteiger charge is 2.19. The molecule has 1 aromatic heterocycles. The number of hydrogen-bond acceptors (Lipinski definition) is 3. The number of aromatic nitrogens is 1. The molecular weight excluding hydrogens is 244 g/mol. The molecule has 0 saturated carbocycles. The third kappa shape index (κ3) is 2.64. The summed E-state index contributed by atoms with van der Waals surface area (Å²) in [6.45, 7) is 5.00. The maximum atomic E-state index is 12.4. The van der Waals surface area contributed by atoms with Crippen molar-refractivity contribution >= 4 is 12.6 Å². The Morgan fingerprint density at radius 1 is 1.44 bits per heavy atom. The predicted octanol–water partition coefficient (Wildman–Crippen LogP) is 2.07. The summed E-state index contributed by atoms with van der Waals surface area (Å²) in [6.07, 6.45) is 3.17. The summed E-state index contributed by atoms with van der Waals surface area (Å²) in [5.74, 6) is 0.530. The van der Waals surface area contributed by atoms with Crippen molar-refractivity contribution in [3.05, 3.63) is 33.2 Å². The molecule has 0 aromatic carbocycles. The lowest BCUT2D eigenvalue weighted by molar-refractivity contribution is 0.303. The van der Waals surface area contributed by atoms with E-state index in [2.05, 4.69) is 37.6 Å². The van der Waals surface area contributed by atoms with E-state index in [-0.39, 0.29) is 5.56 Å². The summed E-state index contributed by atoms with van der Waals surface area (Å²) < 4.78 is 2.00. The standard InChI is InChI=1S/C14H22N2OS/c1-3-4-6-16-13-5-7-15(2)9-11(13)8-12(10-18)14(16)17/h8,18H,3-7,9-10H2,1-2H3. The molecule has 100 valence electrons. The zero-order chi connectivity index (χ0) is 13.1. The van der Waals surface area contributed by atoms with E-state index in [0.717, 1.165) is 44.5 Å². The lowest BCUT2D eigenvalue weighted by atomic mass is 10.0. The van der Waals surface area contributed by atoms with E-state index in [9.17, 15) is 4.79 Å². The Morgan fingerprint density at radius 3 is 2.89 bits per heavy atom. The van der Waals surface area contributed by atoms with Crippen LogP contribution >= 0.6 is 12.6 Å². The Balaban J connectivity index is 2.47. The number of pyridine rings is 1. The molecule has 1 aromatic rings. The molecule has 18 heavy (non-hydrogen) atoms. The normalized spacial score (nSPS) is 15.7. The topological polar surface area (TPSA) is 25.2 Å². The minimum Gasteiger partial charge on any atom is -0.312 e. The van der Waals surface area contributed by atoms with Crippen LogP contribution in [0.3, 0.4) is 0 Å². The van der Waals surface area contributed by atoms with Gasteiger partial charge in [-0.1, -0.05) is 13.3 Å². The van der Waals surface area contributed by atoms with Crippen molar-refractivity contribution in [1.82, 2.24) is 9.47 Å². The number of unbranched alkanes of at least 4 members (excludes halogenated alkanes) is 1. The van der Waals surface area contributed by atoms with Crippen LogP contribution < -0.4 is 5.56 Å². The predicted molar refractivity (Wildman–Crippen MR) is 78.3 cm³/mol. The first kappa shape index (κ1) is 13.7. The minimum atomic E-state index is 0.168. The maximum Gasteiger partial charge on any atom is 0.254 e. The van der Waals surface area contributed by atoms with Crippen LogP contribution in [0.2, 0.25) is 0 Å². The van der Waals surface area contributed by atoms with Crippen LogP contribution in [0.25, 0.3) is 0 Å². The zero-order valence-electron chi connectivity index (χ0n) is 11.3. The lowest BCUT2D eigenvalue weighted by Gasteiger charge is -2.28. The van der Waals surface area contributed by atoms with Gasteiger partial charge in [0, 0.05) is 43.1 Å². The van der Waals surface area contributed by atoms with Gasteiger partial charge in [-0.05, 0) is 25.1 Å². The maximum absolute atomic E-state index is 12.4. The Hall–Kier alpha value is -0.740. The van der Waals surface area contributed by atoms with E-state index < -0.39 is 0 Å². The molecule has 2 rings (SSSR count). The second kappa shape index (κ2) is 5.93. The van der Waals surface area contributed by atoms with Crippen molar-refractivity contribution in [1.29, 1.82) is 0 Å². The molecule has 2 heterocycles. The summed E-state index contributed by atoms with van der Waals surface area (Å²) in [6, 6.07) is 2.06. The third-order valence-electron chi connectivity index (χ3n) is 3.64. The number of rotatable bonds is 4. The van der Waals surface area contributed by atoms with Crippen molar-refractivity contribution in [2.45, 2.75) is 45.0 Å². The van der Waals surface area contributed by atoms with Gasteiger partial charge in [0.15, 0.2) is 0 Å². The van der Waals surface area contributed by atoms with Gasteiger partial charge in [-0.15, -0.1) is 0 Å². The van der Waals surface area contributed by atoms with Gasteiger partial charge < -0.3 is 9.47 Å². The highest BCUT2D eigenvalue weighted by molar-refractivity contribution is 7.79. The van der Waals surface area contributed by atoms with Crippen molar-refractivity contribution in [3.63, 3.8) is 0 Å². The second-order valence-electron chi connectivity index (χ2n) is 5.10. The average molecular weight is 266 g/mol. The Labute approximate surface area is 114 Å². The Morgan fingerprint density at radius 2 is 2.22 bits per heavy atom. The molecule has 0 saturated heterocycles. The Kier molecular flexibility index (Phi) is 4.51. The van der Waals surface area contributed by atoms with Crippen molar-refractivity contribution in [3.8, 4) is 0 Å². The van der Waals surface area contributed by atoms with Gasteiger partial charge in [0.25, 0.3) is 5.56 Å². The van der Waals surface area contributed by atoms with Crippen molar-refractivity contribution < 1.29 is 0 Å². The largest absolute Gasteiger partial charge is 0.312 e. The highest BCUT2D eigenvalue weighted by Crippen LogP contribution is 2.18. The van der Waals surface area contributed by atoms with Gasteiger partial charge >= 0.3 is 0 Å². The quantitative estimate of drug-likeness (QED) is 0.844. The first-order valence-corrected chi connectivity index (χ1v) is 7.34. The summed E-state index contributed by atoms with van der Waals surface area (Å²) in [4.78, 5) is 14.7. The fraction of sp³-hybridized carbons (Fsp3) is 0.643. The molecule has 0 amide bonds. The zero-order valence-corrected chi connectivity index (χ0v) is 12.2. The van der Waals surface area contributed by atoms with Gasteiger partial charge in [-0.25, -0.2) is 0 Å². The van der Waals surface area contributed by atoms with E-state index in [1.165, 1.54) is 11.3 Å². The van der Waals surface area contributed by atoms with Gasteiger partial charge in [0.2, 0.25) is 0 Å². The lowest BCUT2D eigenvalue weighted by Crippen LogP contribution is -2.35. The average Bonchev–Trinajstić information content (AvgIpc) is 2.37. The van der Waals surface area contributed by atoms with Crippen LogP contribution in [0.15, 0.2) is 10.9 Å². The molecule has 0 N–H and O–H groups in total. The fourth-order valence-electron chi connectivity index (χ4n) is 2.59.